The summed E-state index contributed by atoms with van der Waals surface area (Å²) in [5.41, 5.74) is 3.13. The van der Waals surface area contributed by atoms with Crippen LogP contribution in [0, 0.1) is 11.6 Å². The molecule has 0 aromatic heterocycles. The number of benzene rings is 1. The van der Waals surface area contributed by atoms with Crippen LogP contribution >= 0.6 is 12.2 Å². The molecule has 2 N–H and O–H groups in total. The Labute approximate surface area is 97.5 Å². The van der Waals surface area contributed by atoms with Crippen LogP contribution in [0.25, 0.3) is 0 Å². The van der Waals surface area contributed by atoms with E-state index in [2.05, 4.69) is 15.8 Å². The van der Waals surface area contributed by atoms with Crippen LogP contribution in [0.4, 0.5) is 8.78 Å². The van der Waals surface area contributed by atoms with Crippen molar-refractivity contribution in [2.45, 2.75) is 6.92 Å². The van der Waals surface area contributed by atoms with Crippen LogP contribution in [0.3, 0.4) is 0 Å². The van der Waals surface area contributed by atoms with Crippen LogP contribution in [0.2, 0.25) is 0 Å². The fraction of sp³-hybridized carbons (Fsp3) is 0.200. The summed E-state index contributed by atoms with van der Waals surface area (Å²) in [5, 5.41) is 6.83. The molecule has 0 amide bonds. The quantitative estimate of drug-likeness (QED) is 0.472. The third-order valence-corrected chi connectivity index (χ3v) is 2.17. The third kappa shape index (κ3) is 3.23. The van der Waals surface area contributed by atoms with E-state index in [0.29, 0.717) is 10.8 Å². The monoisotopic (exact) mass is 243 g/mol. The average molecular weight is 243 g/mol. The lowest BCUT2D eigenvalue weighted by atomic mass is 10.1. The standard InChI is InChI=1S/C10H11F2N3S/c1-6(14-15-10(16)13-2)8-4-3-7(11)5-9(8)12/h3-5H,1-2H3,(H2,13,15,16)/b14-6+. The van der Waals surface area contributed by atoms with E-state index >= 15 is 0 Å². The van der Waals surface area contributed by atoms with Gasteiger partial charge in [-0.1, -0.05) is 0 Å². The van der Waals surface area contributed by atoms with Crippen LogP contribution < -0.4 is 10.7 Å². The first-order valence-corrected chi connectivity index (χ1v) is 4.93. The fourth-order valence-corrected chi connectivity index (χ4v) is 1.08. The van der Waals surface area contributed by atoms with Gasteiger partial charge in [0.15, 0.2) is 5.11 Å². The Morgan fingerprint density at radius 1 is 1.38 bits per heavy atom. The van der Waals surface area contributed by atoms with Gasteiger partial charge in [0.25, 0.3) is 0 Å². The van der Waals surface area contributed by atoms with Gasteiger partial charge in [-0.3, -0.25) is 5.43 Å². The highest BCUT2D eigenvalue weighted by Gasteiger charge is 2.06. The van der Waals surface area contributed by atoms with Gasteiger partial charge in [0, 0.05) is 18.7 Å². The molecule has 0 aliphatic heterocycles. The van der Waals surface area contributed by atoms with Crippen LogP contribution in [0.15, 0.2) is 23.3 Å². The van der Waals surface area contributed by atoms with Crippen molar-refractivity contribution in [3.8, 4) is 0 Å². The van der Waals surface area contributed by atoms with Crippen LogP contribution in [0.1, 0.15) is 12.5 Å². The molecular weight excluding hydrogens is 232 g/mol. The van der Waals surface area contributed by atoms with Gasteiger partial charge in [-0.15, -0.1) is 0 Å². The number of hydrogen-bond donors (Lipinski definition) is 2. The molecule has 0 unspecified atom stereocenters. The number of hydrazone groups is 1. The second-order valence-electron chi connectivity index (χ2n) is 3.01. The summed E-state index contributed by atoms with van der Waals surface area (Å²) in [6, 6.07) is 3.31. The van der Waals surface area contributed by atoms with Crippen molar-refractivity contribution in [2.24, 2.45) is 5.10 Å². The Morgan fingerprint density at radius 3 is 2.62 bits per heavy atom. The predicted molar refractivity (Wildman–Crippen MR) is 63.4 cm³/mol. The SMILES string of the molecule is CNC(=S)N/N=C(\C)c1ccc(F)cc1F. The topological polar surface area (TPSA) is 36.4 Å². The Hall–Kier alpha value is -1.56. The minimum absolute atomic E-state index is 0.229. The molecule has 0 atom stereocenters. The Kier molecular flexibility index (Phi) is 4.30. The number of thiocarbonyl (C=S) groups is 1. The number of nitrogens with zero attached hydrogens (tertiary/aromatic N) is 1. The van der Waals surface area contributed by atoms with Crippen LogP contribution in [-0.2, 0) is 0 Å². The van der Waals surface area contributed by atoms with Crippen molar-refractivity contribution in [3.05, 3.63) is 35.4 Å². The van der Waals surface area contributed by atoms with Crippen molar-refractivity contribution < 1.29 is 8.78 Å². The average Bonchev–Trinajstić information content (AvgIpc) is 2.25. The van der Waals surface area contributed by atoms with Gasteiger partial charge in [0.05, 0.1) is 5.71 Å². The zero-order valence-electron chi connectivity index (χ0n) is 8.84. The van der Waals surface area contributed by atoms with Gasteiger partial charge >= 0.3 is 0 Å². The Balaban J connectivity index is 2.87. The molecule has 0 heterocycles. The van der Waals surface area contributed by atoms with Crippen LogP contribution in [-0.4, -0.2) is 17.9 Å². The van der Waals surface area contributed by atoms with E-state index in [1.807, 2.05) is 0 Å². The summed E-state index contributed by atoms with van der Waals surface area (Å²) < 4.78 is 26.0. The second kappa shape index (κ2) is 5.50. The maximum Gasteiger partial charge on any atom is 0.186 e. The first kappa shape index (κ1) is 12.5. The van der Waals surface area contributed by atoms with Gasteiger partial charge in [-0.25, -0.2) is 8.78 Å². The smallest absolute Gasteiger partial charge is 0.186 e. The number of nitrogens with one attached hydrogen (secondary N) is 2. The summed E-state index contributed by atoms with van der Waals surface area (Å²) in [7, 11) is 1.64. The van der Waals surface area contributed by atoms with Gasteiger partial charge in [0.2, 0.25) is 0 Å². The molecule has 0 spiro atoms. The number of halogens is 2. The van der Waals surface area contributed by atoms with Crippen molar-refractivity contribution in [2.75, 3.05) is 7.05 Å². The summed E-state index contributed by atoms with van der Waals surface area (Å²) in [6.07, 6.45) is 0. The molecule has 1 aromatic rings. The largest absolute Gasteiger partial charge is 0.364 e. The highest BCUT2D eigenvalue weighted by atomic mass is 32.1. The van der Waals surface area contributed by atoms with E-state index in [1.165, 1.54) is 12.1 Å². The summed E-state index contributed by atoms with van der Waals surface area (Å²) >= 11 is 4.79. The molecule has 0 saturated heterocycles. The van der Waals surface area contributed by atoms with Gasteiger partial charge in [-0.05, 0) is 31.3 Å². The maximum absolute atomic E-state index is 13.3. The molecule has 1 aromatic carbocycles. The van der Waals surface area contributed by atoms with E-state index in [-0.39, 0.29) is 5.56 Å². The Morgan fingerprint density at radius 2 is 2.06 bits per heavy atom. The normalized spacial score (nSPS) is 11.1. The maximum atomic E-state index is 13.3. The lowest BCUT2D eigenvalue weighted by Gasteiger charge is -2.05. The highest BCUT2D eigenvalue weighted by molar-refractivity contribution is 7.80. The molecule has 0 aliphatic rings. The zero-order chi connectivity index (χ0) is 12.1. The molecule has 0 saturated carbocycles. The minimum Gasteiger partial charge on any atom is -0.364 e. The molecule has 0 fully saturated rings. The first-order valence-electron chi connectivity index (χ1n) is 4.52. The van der Waals surface area contributed by atoms with E-state index in [9.17, 15) is 8.78 Å². The molecule has 0 bridgehead atoms. The highest BCUT2D eigenvalue weighted by Crippen LogP contribution is 2.10. The van der Waals surface area contributed by atoms with E-state index in [0.717, 1.165) is 6.07 Å². The lowest BCUT2D eigenvalue weighted by Crippen LogP contribution is -2.29. The van der Waals surface area contributed by atoms with Gasteiger partial charge < -0.3 is 5.32 Å². The number of hydrogen-bond acceptors (Lipinski definition) is 2. The molecule has 1 rings (SSSR count). The van der Waals surface area contributed by atoms with E-state index in [4.69, 9.17) is 12.2 Å². The minimum atomic E-state index is -0.654. The van der Waals surface area contributed by atoms with E-state index in [1.54, 1.807) is 14.0 Å². The molecule has 0 radical (unpaired) electrons. The second-order valence-corrected chi connectivity index (χ2v) is 3.42. The Bertz CT molecular complexity index is 432. The third-order valence-electron chi connectivity index (χ3n) is 1.87. The molecule has 86 valence electrons. The van der Waals surface area contributed by atoms with Crippen molar-refractivity contribution in [1.29, 1.82) is 0 Å². The van der Waals surface area contributed by atoms with Crippen molar-refractivity contribution in [3.63, 3.8) is 0 Å². The van der Waals surface area contributed by atoms with Crippen molar-refractivity contribution >= 4 is 23.0 Å². The summed E-state index contributed by atoms with van der Waals surface area (Å²) in [6.45, 7) is 1.60. The molecule has 16 heavy (non-hydrogen) atoms. The first-order chi connectivity index (χ1) is 7.54. The lowest BCUT2D eigenvalue weighted by molar-refractivity contribution is 0.581. The molecule has 6 heteroatoms. The van der Waals surface area contributed by atoms with Gasteiger partial charge in [0.1, 0.15) is 11.6 Å². The van der Waals surface area contributed by atoms with Crippen LogP contribution in [0.5, 0.6) is 0 Å². The van der Waals surface area contributed by atoms with Gasteiger partial charge in [-0.2, -0.15) is 5.10 Å². The fourth-order valence-electron chi connectivity index (χ4n) is 1.03. The predicted octanol–water partition coefficient (Wildman–Crippen LogP) is 1.78. The zero-order valence-corrected chi connectivity index (χ0v) is 9.66. The van der Waals surface area contributed by atoms with Crippen molar-refractivity contribution in [1.82, 2.24) is 10.7 Å². The van der Waals surface area contributed by atoms with E-state index < -0.39 is 11.6 Å². The number of rotatable bonds is 2. The summed E-state index contributed by atoms with van der Waals surface area (Å²) in [5.74, 6) is -1.27. The summed E-state index contributed by atoms with van der Waals surface area (Å²) in [4.78, 5) is 0. The molecule has 0 aliphatic carbocycles. The molecule has 3 nitrogen and oxygen atoms in total. The molecular formula is C10H11F2N3S.